The Hall–Kier alpha value is -2.72. The standard InChI is InChI=1S/C20H18N2O2/c23-20(24)16-8-6-15(7-9-16)19-18-13-22(12-17(18)10-21-19)11-14-4-2-1-3-5-14/h1-9H,10-13H2,(H,23,24). The van der Waals surface area contributed by atoms with Crippen molar-refractivity contribution in [3.05, 3.63) is 82.4 Å². The van der Waals surface area contributed by atoms with Crippen molar-refractivity contribution in [1.82, 2.24) is 4.90 Å². The van der Waals surface area contributed by atoms with Crippen LogP contribution in [0.4, 0.5) is 0 Å². The van der Waals surface area contributed by atoms with Gasteiger partial charge in [0.15, 0.2) is 0 Å². The second kappa shape index (κ2) is 6.06. The Bertz CT molecular complexity index is 836. The lowest BCUT2D eigenvalue weighted by atomic mass is 10.0. The molecular weight excluding hydrogens is 300 g/mol. The highest BCUT2D eigenvalue weighted by molar-refractivity contribution is 6.15. The van der Waals surface area contributed by atoms with Gasteiger partial charge in [-0.3, -0.25) is 9.89 Å². The molecule has 0 saturated heterocycles. The van der Waals surface area contributed by atoms with Crippen LogP contribution < -0.4 is 0 Å². The fraction of sp³-hybridized carbons (Fsp3) is 0.200. The van der Waals surface area contributed by atoms with Crippen molar-refractivity contribution in [3.63, 3.8) is 0 Å². The largest absolute Gasteiger partial charge is 0.478 e. The summed E-state index contributed by atoms with van der Waals surface area (Å²) in [7, 11) is 0. The third kappa shape index (κ3) is 2.76. The summed E-state index contributed by atoms with van der Waals surface area (Å²) in [6.45, 7) is 3.57. The van der Waals surface area contributed by atoms with Gasteiger partial charge in [-0.15, -0.1) is 0 Å². The van der Waals surface area contributed by atoms with Gasteiger partial charge in [-0.25, -0.2) is 4.79 Å². The van der Waals surface area contributed by atoms with Crippen LogP contribution in [0, 0.1) is 0 Å². The molecule has 2 aromatic rings. The van der Waals surface area contributed by atoms with Crippen LogP contribution in [0.3, 0.4) is 0 Å². The second-order valence-electron chi connectivity index (χ2n) is 6.26. The number of carboxylic acid groups (broad SMARTS) is 1. The van der Waals surface area contributed by atoms with Crippen LogP contribution in [0.25, 0.3) is 0 Å². The maximum absolute atomic E-state index is 11.0. The number of rotatable bonds is 4. The first-order valence-corrected chi connectivity index (χ1v) is 8.06. The van der Waals surface area contributed by atoms with E-state index in [0.29, 0.717) is 5.56 Å². The summed E-state index contributed by atoms with van der Waals surface area (Å²) < 4.78 is 0. The summed E-state index contributed by atoms with van der Waals surface area (Å²) >= 11 is 0. The van der Waals surface area contributed by atoms with Gasteiger partial charge < -0.3 is 5.11 Å². The predicted octanol–water partition coefficient (Wildman–Crippen LogP) is 3.00. The quantitative estimate of drug-likeness (QED) is 0.943. The first-order valence-electron chi connectivity index (χ1n) is 8.06. The Labute approximate surface area is 140 Å². The van der Waals surface area contributed by atoms with Crippen molar-refractivity contribution in [2.75, 3.05) is 19.6 Å². The fourth-order valence-corrected chi connectivity index (χ4v) is 3.40. The van der Waals surface area contributed by atoms with Crippen molar-refractivity contribution < 1.29 is 9.90 Å². The second-order valence-corrected chi connectivity index (χ2v) is 6.26. The van der Waals surface area contributed by atoms with Crippen molar-refractivity contribution in [3.8, 4) is 0 Å². The molecule has 4 nitrogen and oxygen atoms in total. The molecule has 0 fully saturated rings. The maximum atomic E-state index is 11.0. The zero-order valence-electron chi connectivity index (χ0n) is 13.3. The molecule has 0 amide bonds. The van der Waals surface area contributed by atoms with Crippen LogP contribution in [0.5, 0.6) is 0 Å². The van der Waals surface area contributed by atoms with E-state index in [1.54, 1.807) is 12.1 Å². The molecular formula is C20H18N2O2. The maximum Gasteiger partial charge on any atom is 0.335 e. The zero-order chi connectivity index (χ0) is 16.5. The van der Waals surface area contributed by atoms with Crippen LogP contribution in [-0.4, -0.2) is 41.3 Å². The molecule has 1 N–H and O–H groups in total. The number of aliphatic imine (C=N–C) groups is 1. The summed E-state index contributed by atoms with van der Waals surface area (Å²) in [5, 5.41) is 9.02. The van der Waals surface area contributed by atoms with E-state index in [9.17, 15) is 4.79 Å². The Morgan fingerprint density at radius 2 is 1.79 bits per heavy atom. The van der Waals surface area contributed by atoms with E-state index in [0.717, 1.165) is 37.5 Å². The molecule has 4 heteroatoms. The van der Waals surface area contributed by atoms with Gasteiger partial charge in [-0.1, -0.05) is 42.5 Å². The summed E-state index contributed by atoms with van der Waals surface area (Å²) in [4.78, 5) is 18.1. The van der Waals surface area contributed by atoms with E-state index < -0.39 is 5.97 Å². The highest BCUT2D eigenvalue weighted by Gasteiger charge is 2.29. The number of nitrogens with zero attached hydrogens (tertiary/aromatic N) is 2. The number of benzene rings is 2. The highest BCUT2D eigenvalue weighted by atomic mass is 16.4. The number of aromatic carboxylic acids is 1. The molecule has 120 valence electrons. The monoisotopic (exact) mass is 318 g/mol. The molecule has 4 rings (SSSR count). The topological polar surface area (TPSA) is 52.9 Å². The average molecular weight is 318 g/mol. The first-order chi connectivity index (χ1) is 11.7. The number of hydrogen-bond donors (Lipinski definition) is 1. The normalized spacial score (nSPS) is 17.1. The Morgan fingerprint density at radius 3 is 2.50 bits per heavy atom. The van der Waals surface area contributed by atoms with E-state index in [1.165, 1.54) is 16.7 Å². The summed E-state index contributed by atoms with van der Waals surface area (Å²) in [5.41, 5.74) is 6.37. The van der Waals surface area contributed by atoms with E-state index in [1.807, 2.05) is 18.2 Å². The first kappa shape index (κ1) is 14.8. The van der Waals surface area contributed by atoms with Gasteiger partial charge in [0.25, 0.3) is 0 Å². The van der Waals surface area contributed by atoms with Gasteiger partial charge in [-0.2, -0.15) is 0 Å². The predicted molar refractivity (Wildman–Crippen MR) is 93.6 cm³/mol. The van der Waals surface area contributed by atoms with Crippen LogP contribution in [0.1, 0.15) is 21.5 Å². The molecule has 0 unspecified atom stereocenters. The number of carbonyl (C=O) groups is 1. The molecule has 24 heavy (non-hydrogen) atoms. The lowest BCUT2D eigenvalue weighted by Gasteiger charge is -2.17. The van der Waals surface area contributed by atoms with Gasteiger partial charge in [0.2, 0.25) is 0 Å². The summed E-state index contributed by atoms with van der Waals surface area (Å²) in [6.07, 6.45) is 0. The molecule has 0 radical (unpaired) electrons. The van der Waals surface area contributed by atoms with Crippen LogP contribution >= 0.6 is 0 Å². The molecule has 2 aliphatic rings. The Balaban J connectivity index is 1.49. The van der Waals surface area contributed by atoms with Crippen LogP contribution in [0.2, 0.25) is 0 Å². The highest BCUT2D eigenvalue weighted by Crippen LogP contribution is 2.28. The lowest BCUT2D eigenvalue weighted by molar-refractivity contribution is 0.0697. The van der Waals surface area contributed by atoms with Gasteiger partial charge in [0.05, 0.1) is 17.8 Å². The molecule has 2 aliphatic heterocycles. The van der Waals surface area contributed by atoms with E-state index in [4.69, 9.17) is 5.11 Å². The molecule has 0 aromatic heterocycles. The molecule has 2 aromatic carbocycles. The van der Waals surface area contributed by atoms with Gasteiger partial charge >= 0.3 is 5.97 Å². The van der Waals surface area contributed by atoms with Gasteiger partial charge in [0, 0.05) is 25.2 Å². The van der Waals surface area contributed by atoms with Crippen LogP contribution in [0.15, 0.2) is 70.7 Å². The third-order valence-corrected chi connectivity index (χ3v) is 4.59. The SMILES string of the molecule is O=C(O)c1ccc(C2=NCC3=C2CN(Cc2ccccc2)C3)cc1. The molecule has 0 aliphatic carbocycles. The van der Waals surface area contributed by atoms with Crippen molar-refractivity contribution in [2.24, 2.45) is 4.99 Å². The molecule has 0 atom stereocenters. The summed E-state index contributed by atoms with van der Waals surface area (Å²) in [5.74, 6) is -0.898. The minimum Gasteiger partial charge on any atom is -0.478 e. The third-order valence-electron chi connectivity index (χ3n) is 4.59. The van der Waals surface area contributed by atoms with Crippen molar-refractivity contribution in [1.29, 1.82) is 0 Å². The Morgan fingerprint density at radius 1 is 1.04 bits per heavy atom. The van der Waals surface area contributed by atoms with Crippen molar-refractivity contribution >= 4 is 11.7 Å². The number of carboxylic acids is 1. The van der Waals surface area contributed by atoms with Gasteiger partial charge in [-0.05, 0) is 28.8 Å². The van der Waals surface area contributed by atoms with Crippen LogP contribution in [-0.2, 0) is 6.54 Å². The minimum absolute atomic E-state index is 0.309. The fourth-order valence-electron chi connectivity index (χ4n) is 3.40. The minimum atomic E-state index is -0.898. The molecule has 0 spiro atoms. The summed E-state index contributed by atoms with van der Waals surface area (Å²) in [6, 6.07) is 17.5. The van der Waals surface area contributed by atoms with Gasteiger partial charge in [0.1, 0.15) is 0 Å². The zero-order valence-corrected chi connectivity index (χ0v) is 13.3. The van der Waals surface area contributed by atoms with E-state index >= 15 is 0 Å². The lowest BCUT2D eigenvalue weighted by Crippen LogP contribution is -2.23. The van der Waals surface area contributed by atoms with E-state index in [-0.39, 0.29) is 0 Å². The average Bonchev–Trinajstić information content (AvgIpc) is 3.16. The number of hydrogen-bond acceptors (Lipinski definition) is 3. The smallest absolute Gasteiger partial charge is 0.335 e. The van der Waals surface area contributed by atoms with E-state index in [2.05, 4.69) is 34.2 Å². The Kier molecular flexibility index (Phi) is 3.75. The molecule has 2 heterocycles. The van der Waals surface area contributed by atoms with Crippen molar-refractivity contribution in [2.45, 2.75) is 6.54 Å². The molecule has 0 bridgehead atoms. The molecule has 0 saturated carbocycles.